The van der Waals surface area contributed by atoms with Crippen LogP contribution in [0.25, 0.3) is 0 Å². The third-order valence-corrected chi connectivity index (χ3v) is 10.5. The first kappa shape index (κ1) is 36.9. The number of hydrogen-bond donors (Lipinski definition) is 1. The summed E-state index contributed by atoms with van der Waals surface area (Å²) in [6, 6.07) is 38.6. The molecule has 0 saturated heterocycles. The van der Waals surface area contributed by atoms with E-state index >= 15 is 0 Å². The molecule has 2 atom stereocenters. The first-order chi connectivity index (χ1) is 24.5. The molecule has 1 N–H and O–H groups in total. The maximum absolute atomic E-state index is 14.7. The number of rotatable bonds is 15. The molecule has 8 nitrogen and oxygen atoms in total. The molecule has 51 heavy (non-hydrogen) atoms. The lowest BCUT2D eigenvalue weighted by molar-refractivity contribution is -0.140. The molecule has 9 heteroatoms. The van der Waals surface area contributed by atoms with Gasteiger partial charge in [-0.3, -0.25) is 13.9 Å². The summed E-state index contributed by atoms with van der Waals surface area (Å²) >= 11 is 0. The molecular weight excluding hydrogens is 659 g/mol. The van der Waals surface area contributed by atoms with Gasteiger partial charge in [-0.1, -0.05) is 103 Å². The van der Waals surface area contributed by atoms with Crippen LogP contribution < -0.4 is 14.4 Å². The highest BCUT2D eigenvalue weighted by molar-refractivity contribution is 7.92. The Morgan fingerprint density at radius 1 is 0.706 bits per heavy atom. The van der Waals surface area contributed by atoms with Crippen molar-refractivity contribution in [1.29, 1.82) is 0 Å². The second-order valence-electron chi connectivity index (χ2n) is 12.8. The predicted octanol–water partition coefficient (Wildman–Crippen LogP) is 7.85. The summed E-state index contributed by atoms with van der Waals surface area (Å²) in [5, 5.41) is 3.07. The normalized spacial score (nSPS) is 12.4. The summed E-state index contributed by atoms with van der Waals surface area (Å²) in [7, 11) is -4.23. The number of benzene rings is 5. The Bertz CT molecular complexity index is 1980. The fraction of sp³-hybridized carbons (Fsp3) is 0.238. The fourth-order valence-corrected chi connectivity index (χ4v) is 6.97. The van der Waals surface area contributed by atoms with E-state index in [9.17, 15) is 18.0 Å². The van der Waals surface area contributed by atoms with Crippen molar-refractivity contribution in [2.24, 2.45) is 0 Å². The van der Waals surface area contributed by atoms with Crippen LogP contribution in [0.2, 0.25) is 0 Å². The van der Waals surface area contributed by atoms with E-state index in [1.165, 1.54) is 17.0 Å². The highest BCUT2D eigenvalue weighted by Crippen LogP contribution is 2.29. The van der Waals surface area contributed by atoms with Crippen LogP contribution in [-0.4, -0.2) is 43.8 Å². The van der Waals surface area contributed by atoms with E-state index in [1.807, 2.05) is 113 Å². The van der Waals surface area contributed by atoms with Crippen LogP contribution in [0, 0.1) is 13.8 Å². The minimum absolute atomic E-state index is 0.0472. The molecule has 0 aliphatic rings. The first-order valence-corrected chi connectivity index (χ1v) is 18.6. The number of nitrogens with one attached hydrogen (secondary N) is 1. The first-order valence-electron chi connectivity index (χ1n) is 17.1. The quantitative estimate of drug-likeness (QED) is 0.120. The van der Waals surface area contributed by atoms with Crippen molar-refractivity contribution in [3.8, 4) is 11.5 Å². The van der Waals surface area contributed by atoms with Crippen LogP contribution in [0.3, 0.4) is 0 Å². The number of hydrogen-bond acceptors (Lipinski definition) is 5. The Hall–Kier alpha value is -5.41. The molecule has 264 valence electrons. The molecular formula is C42H45N3O5S. The lowest BCUT2D eigenvalue weighted by Crippen LogP contribution is -2.54. The van der Waals surface area contributed by atoms with Crippen LogP contribution >= 0.6 is 0 Å². The Morgan fingerprint density at radius 2 is 1.25 bits per heavy atom. The Labute approximate surface area is 301 Å². The molecule has 0 bridgehead atoms. The summed E-state index contributed by atoms with van der Waals surface area (Å²) in [4.78, 5) is 30.4. The number of anilines is 1. The molecule has 2 amide bonds. The number of carbonyl (C=O) groups excluding carboxylic acids is 2. The molecule has 0 saturated carbocycles. The van der Waals surface area contributed by atoms with Gasteiger partial charge in [0.15, 0.2) is 0 Å². The van der Waals surface area contributed by atoms with Gasteiger partial charge in [-0.25, -0.2) is 8.42 Å². The largest absolute Gasteiger partial charge is 0.457 e. The minimum atomic E-state index is -4.23. The summed E-state index contributed by atoms with van der Waals surface area (Å²) in [6.07, 6.45) is 0.958. The maximum Gasteiger partial charge on any atom is 0.264 e. The van der Waals surface area contributed by atoms with Gasteiger partial charge in [0.05, 0.1) is 10.6 Å². The third-order valence-electron chi connectivity index (χ3n) is 8.74. The second-order valence-corrected chi connectivity index (χ2v) is 14.6. The van der Waals surface area contributed by atoms with E-state index < -0.39 is 28.5 Å². The number of para-hydroxylation sites is 1. The summed E-state index contributed by atoms with van der Waals surface area (Å²) in [6.45, 7) is 7.33. The van der Waals surface area contributed by atoms with Gasteiger partial charge in [-0.05, 0) is 86.8 Å². The average molecular weight is 704 g/mol. The number of carbonyl (C=O) groups is 2. The van der Waals surface area contributed by atoms with Gasteiger partial charge >= 0.3 is 0 Å². The number of aryl methyl sites for hydroxylation is 2. The van der Waals surface area contributed by atoms with E-state index in [1.54, 1.807) is 36.4 Å². The monoisotopic (exact) mass is 703 g/mol. The highest BCUT2D eigenvalue weighted by atomic mass is 32.2. The zero-order chi connectivity index (χ0) is 36.4. The molecule has 0 heterocycles. The highest BCUT2D eigenvalue weighted by Gasteiger charge is 2.35. The summed E-state index contributed by atoms with van der Waals surface area (Å²) in [5.74, 6) is 0.325. The molecule has 0 aliphatic carbocycles. The lowest BCUT2D eigenvalue weighted by Gasteiger charge is -2.34. The van der Waals surface area contributed by atoms with Crippen molar-refractivity contribution in [3.63, 3.8) is 0 Å². The zero-order valence-corrected chi connectivity index (χ0v) is 30.3. The van der Waals surface area contributed by atoms with Crippen LogP contribution in [0.4, 0.5) is 5.69 Å². The standard InChI is InChI=1S/C42H45N3O5S/c1-5-33(4)43-42(47)40(28-34-12-8-6-9-13-34)44(29-35-20-16-31(2)17-21-35)41(46)30-45(51(48,49)39-26-18-32(3)19-27-39)36-22-24-38(25-23-36)50-37-14-10-7-11-15-37/h6-27,33,40H,5,28-30H2,1-4H3,(H,43,47)/t33-,40-/m1/s1. The van der Waals surface area contributed by atoms with Crippen LogP contribution in [0.15, 0.2) is 138 Å². The van der Waals surface area contributed by atoms with Gasteiger partial charge in [-0.2, -0.15) is 0 Å². The average Bonchev–Trinajstić information content (AvgIpc) is 3.14. The summed E-state index contributed by atoms with van der Waals surface area (Å²) in [5.41, 5.74) is 3.94. The molecule has 5 aromatic rings. The van der Waals surface area contributed by atoms with Crippen molar-refractivity contribution in [1.82, 2.24) is 10.2 Å². The van der Waals surface area contributed by atoms with Crippen molar-refractivity contribution in [2.45, 2.75) is 64.1 Å². The Balaban J connectivity index is 1.56. The van der Waals surface area contributed by atoms with Gasteiger partial charge in [0.1, 0.15) is 24.1 Å². The number of sulfonamides is 1. The predicted molar refractivity (Wildman–Crippen MR) is 202 cm³/mol. The SMILES string of the molecule is CC[C@@H](C)NC(=O)[C@@H](Cc1ccccc1)N(Cc1ccc(C)cc1)C(=O)CN(c1ccc(Oc2ccccc2)cc1)S(=O)(=O)c1ccc(C)cc1. The van der Waals surface area contributed by atoms with Gasteiger partial charge in [0.2, 0.25) is 11.8 Å². The van der Waals surface area contributed by atoms with Gasteiger partial charge in [0, 0.05) is 19.0 Å². The number of ether oxygens (including phenoxy) is 1. The minimum Gasteiger partial charge on any atom is -0.457 e. The van der Waals surface area contributed by atoms with E-state index in [4.69, 9.17) is 4.74 Å². The zero-order valence-electron chi connectivity index (χ0n) is 29.5. The molecule has 0 fully saturated rings. The molecule has 0 unspecified atom stereocenters. The smallest absolute Gasteiger partial charge is 0.264 e. The van der Waals surface area contributed by atoms with Crippen LogP contribution in [-0.2, 0) is 32.6 Å². The van der Waals surface area contributed by atoms with E-state index in [0.717, 1.165) is 26.6 Å². The van der Waals surface area contributed by atoms with Crippen LogP contribution in [0.1, 0.15) is 42.5 Å². The molecule has 5 aromatic carbocycles. The Morgan fingerprint density at radius 3 is 1.84 bits per heavy atom. The second kappa shape index (κ2) is 17.0. The van der Waals surface area contributed by atoms with Crippen LogP contribution in [0.5, 0.6) is 11.5 Å². The maximum atomic E-state index is 14.7. The van der Waals surface area contributed by atoms with Crippen molar-refractivity contribution < 1.29 is 22.7 Å². The van der Waals surface area contributed by atoms with Crippen molar-refractivity contribution in [2.75, 3.05) is 10.8 Å². The molecule has 0 spiro atoms. The molecule has 0 radical (unpaired) electrons. The van der Waals surface area contributed by atoms with Crippen molar-refractivity contribution in [3.05, 3.63) is 156 Å². The number of amides is 2. The fourth-order valence-electron chi connectivity index (χ4n) is 5.56. The summed E-state index contributed by atoms with van der Waals surface area (Å²) < 4.78 is 35.9. The molecule has 5 rings (SSSR count). The molecule has 0 aromatic heterocycles. The van der Waals surface area contributed by atoms with Gasteiger partial charge < -0.3 is 15.0 Å². The van der Waals surface area contributed by atoms with Crippen molar-refractivity contribution >= 4 is 27.5 Å². The van der Waals surface area contributed by atoms with Gasteiger partial charge in [-0.15, -0.1) is 0 Å². The van der Waals surface area contributed by atoms with E-state index in [2.05, 4.69) is 5.32 Å². The number of nitrogens with zero attached hydrogens (tertiary/aromatic N) is 2. The van der Waals surface area contributed by atoms with Gasteiger partial charge in [0.25, 0.3) is 10.0 Å². The van der Waals surface area contributed by atoms with E-state index in [0.29, 0.717) is 17.9 Å². The lowest BCUT2D eigenvalue weighted by atomic mass is 10.0. The Kier molecular flexibility index (Phi) is 12.3. The topological polar surface area (TPSA) is 96.0 Å². The third kappa shape index (κ3) is 9.86. The van der Waals surface area contributed by atoms with E-state index in [-0.39, 0.29) is 35.5 Å². The molecule has 0 aliphatic heterocycles.